The number of carbonyl (C=O) groups is 2. The lowest BCUT2D eigenvalue weighted by molar-refractivity contribution is -0.118. The number of nitrogens with zero attached hydrogens (tertiary/aromatic N) is 1. The van der Waals surface area contributed by atoms with Crippen molar-refractivity contribution in [2.45, 2.75) is 19.6 Å². The van der Waals surface area contributed by atoms with Crippen LogP contribution in [0.25, 0.3) is 0 Å². The van der Waals surface area contributed by atoms with Gasteiger partial charge in [-0.1, -0.05) is 30.3 Å². The van der Waals surface area contributed by atoms with E-state index in [4.69, 9.17) is 10.5 Å². The molecule has 0 aliphatic rings. The normalized spacial score (nSPS) is 10.5. The van der Waals surface area contributed by atoms with Gasteiger partial charge >= 0.3 is 6.61 Å². The Hall–Kier alpha value is -3.16. The van der Waals surface area contributed by atoms with Crippen LogP contribution in [0.2, 0.25) is 0 Å². The number of hydrogen-bond acceptors (Lipinski definition) is 4. The number of methoxy groups -OCH3 is 1. The highest BCUT2D eigenvalue weighted by Gasteiger charge is 2.20. The van der Waals surface area contributed by atoms with Crippen molar-refractivity contribution in [2.24, 2.45) is 5.73 Å². The van der Waals surface area contributed by atoms with Gasteiger partial charge in [0.25, 0.3) is 5.91 Å². The summed E-state index contributed by atoms with van der Waals surface area (Å²) in [7, 11) is 1.29. The zero-order chi connectivity index (χ0) is 19.8. The lowest BCUT2D eigenvalue weighted by Gasteiger charge is -2.23. The summed E-state index contributed by atoms with van der Waals surface area (Å²) in [4.78, 5) is 25.5. The fraction of sp³-hybridized carbons (Fsp3) is 0.263. The molecule has 144 valence electrons. The van der Waals surface area contributed by atoms with Gasteiger partial charge in [0.1, 0.15) is 0 Å². The van der Waals surface area contributed by atoms with E-state index in [2.05, 4.69) is 4.74 Å². The van der Waals surface area contributed by atoms with Crippen LogP contribution in [0.5, 0.6) is 11.5 Å². The van der Waals surface area contributed by atoms with E-state index < -0.39 is 12.5 Å². The highest BCUT2D eigenvalue weighted by molar-refractivity contribution is 5.95. The minimum atomic E-state index is -3.01. The first-order valence-electron chi connectivity index (χ1n) is 8.15. The summed E-state index contributed by atoms with van der Waals surface area (Å²) in [5.41, 5.74) is 6.29. The van der Waals surface area contributed by atoms with Crippen molar-refractivity contribution in [3.8, 4) is 11.5 Å². The van der Waals surface area contributed by atoms with Gasteiger partial charge in [-0.2, -0.15) is 8.78 Å². The quantitative estimate of drug-likeness (QED) is 0.727. The molecule has 0 unspecified atom stereocenters. The van der Waals surface area contributed by atoms with Crippen LogP contribution in [-0.4, -0.2) is 37.0 Å². The van der Waals surface area contributed by atoms with Gasteiger partial charge in [0.2, 0.25) is 5.91 Å². The van der Waals surface area contributed by atoms with Crippen LogP contribution in [0.1, 0.15) is 22.3 Å². The Morgan fingerprint density at radius 3 is 2.41 bits per heavy atom. The standard InChI is InChI=1S/C19H20F2N2O4/c1-26-16-11-14(7-8-15(16)27-19(20)21)18(25)23(10-9-17(22)24)12-13-5-3-2-4-6-13/h2-8,11,19H,9-10,12H2,1H3,(H2,22,24). The summed E-state index contributed by atoms with van der Waals surface area (Å²) in [6.07, 6.45) is 0.00227. The summed E-state index contributed by atoms with van der Waals surface area (Å²) in [6, 6.07) is 13.2. The first kappa shape index (κ1) is 20.2. The molecule has 0 radical (unpaired) electrons. The van der Waals surface area contributed by atoms with Gasteiger partial charge in [0.15, 0.2) is 11.5 Å². The van der Waals surface area contributed by atoms with Crippen molar-refractivity contribution in [3.63, 3.8) is 0 Å². The monoisotopic (exact) mass is 378 g/mol. The first-order valence-corrected chi connectivity index (χ1v) is 8.15. The zero-order valence-corrected chi connectivity index (χ0v) is 14.7. The molecular formula is C19H20F2N2O4. The number of hydrogen-bond donors (Lipinski definition) is 1. The van der Waals surface area contributed by atoms with Gasteiger partial charge in [0, 0.05) is 25.1 Å². The maximum Gasteiger partial charge on any atom is 0.387 e. The van der Waals surface area contributed by atoms with Gasteiger partial charge in [-0.25, -0.2) is 0 Å². The van der Waals surface area contributed by atoms with Crippen molar-refractivity contribution in [2.75, 3.05) is 13.7 Å². The summed E-state index contributed by atoms with van der Waals surface area (Å²) >= 11 is 0. The second-order valence-corrected chi connectivity index (χ2v) is 5.67. The molecule has 2 N–H and O–H groups in total. The number of nitrogens with two attached hydrogens (primary N) is 1. The molecule has 2 amide bonds. The third kappa shape index (κ3) is 5.95. The number of amides is 2. The summed E-state index contributed by atoms with van der Waals surface area (Å²) < 4.78 is 34.3. The highest BCUT2D eigenvalue weighted by atomic mass is 19.3. The minimum absolute atomic E-state index is 0.00227. The fourth-order valence-corrected chi connectivity index (χ4v) is 2.48. The van der Waals surface area contributed by atoms with Gasteiger partial charge in [-0.05, 0) is 23.8 Å². The van der Waals surface area contributed by atoms with E-state index in [0.717, 1.165) is 5.56 Å². The van der Waals surface area contributed by atoms with Crippen LogP contribution < -0.4 is 15.2 Å². The number of benzene rings is 2. The van der Waals surface area contributed by atoms with E-state index in [0.29, 0.717) is 0 Å². The molecule has 0 heterocycles. The molecule has 0 spiro atoms. The zero-order valence-electron chi connectivity index (χ0n) is 14.7. The molecular weight excluding hydrogens is 358 g/mol. The largest absolute Gasteiger partial charge is 0.493 e. The van der Waals surface area contributed by atoms with E-state index in [-0.39, 0.29) is 42.5 Å². The second-order valence-electron chi connectivity index (χ2n) is 5.67. The van der Waals surface area contributed by atoms with Crippen molar-refractivity contribution < 1.29 is 27.8 Å². The number of carbonyl (C=O) groups excluding carboxylic acids is 2. The van der Waals surface area contributed by atoms with Crippen molar-refractivity contribution in [3.05, 3.63) is 59.7 Å². The Morgan fingerprint density at radius 2 is 1.81 bits per heavy atom. The van der Waals surface area contributed by atoms with Gasteiger partial charge < -0.3 is 20.1 Å². The molecule has 0 fully saturated rings. The lowest BCUT2D eigenvalue weighted by atomic mass is 10.1. The third-order valence-corrected chi connectivity index (χ3v) is 3.76. The highest BCUT2D eigenvalue weighted by Crippen LogP contribution is 2.30. The molecule has 6 nitrogen and oxygen atoms in total. The molecule has 0 saturated carbocycles. The van der Waals surface area contributed by atoms with E-state index in [1.807, 2.05) is 30.3 Å². The summed E-state index contributed by atoms with van der Waals surface area (Å²) in [5.74, 6) is -1.08. The average Bonchev–Trinajstić information content (AvgIpc) is 2.65. The number of halogens is 2. The van der Waals surface area contributed by atoms with Crippen LogP contribution >= 0.6 is 0 Å². The SMILES string of the molecule is COc1cc(C(=O)N(CCC(N)=O)Cc2ccccc2)ccc1OC(F)F. The van der Waals surface area contributed by atoms with Crippen LogP contribution in [0.3, 0.4) is 0 Å². The molecule has 0 bridgehead atoms. The predicted molar refractivity (Wildman–Crippen MR) is 94.6 cm³/mol. The van der Waals surface area contributed by atoms with E-state index in [1.54, 1.807) is 0 Å². The second kappa shape index (κ2) is 9.51. The van der Waals surface area contributed by atoms with Crippen LogP contribution in [0.4, 0.5) is 8.78 Å². The molecule has 2 aromatic rings. The number of alkyl halides is 2. The maximum atomic E-state index is 12.9. The maximum absolute atomic E-state index is 12.9. The Bertz CT molecular complexity index is 785. The van der Waals surface area contributed by atoms with Crippen LogP contribution in [0, 0.1) is 0 Å². The summed E-state index contributed by atoms with van der Waals surface area (Å²) in [6.45, 7) is -2.61. The van der Waals surface area contributed by atoms with Crippen molar-refractivity contribution in [1.82, 2.24) is 4.90 Å². The van der Waals surface area contributed by atoms with Crippen molar-refractivity contribution >= 4 is 11.8 Å². The van der Waals surface area contributed by atoms with Gasteiger partial charge in [-0.15, -0.1) is 0 Å². The topological polar surface area (TPSA) is 81.9 Å². The van der Waals surface area contributed by atoms with Gasteiger partial charge in [-0.3, -0.25) is 9.59 Å². The number of rotatable bonds is 9. The van der Waals surface area contributed by atoms with E-state index in [9.17, 15) is 18.4 Å². The Labute approximate surface area is 155 Å². The smallest absolute Gasteiger partial charge is 0.387 e. The molecule has 0 aliphatic heterocycles. The molecule has 0 saturated heterocycles. The molecule has 0 atom stereocenters. The number of primary amides is 1. The first-order chi connectivity index (χ1) is 12.9. The molecule has 0 aromatic heterocycles. The minimum Gasteiger partial charge on any atom is -0.493 e. The molecule has 2 rings (SSSR count). The fourth-order valence-electron chi connectivity index (χ4n) is 2.48. The van der Waals surface area contributed by atoms with Gasteiger partial charge in [0.05, 0.1) is 7.11 Å². The number of ether oxygens (including phenoxy) is 2. The molecule has 8 heteroatoms. The Morgan fingerprint density at radius 1 is 1.11 bits per heavy atom. The third-order valence-electron chi connectivity index (χ3n) is 3.76. The van der Waals surface area contributed by atoms with E-state index >= 15 is 0 Å². The molecule has 2 aromatic carbocycles. The Balaban J connectivity index is 2.26. The Kier molecular flexibility index (Phi) is 7.10. The predicted octanol–water partition coefficient (Wildman–Crippen LogP) is 2.81. The molecule has 27 heavy (non-hydrogen) atoms. The van der Waals surface area contributed by atoms with Crippen molar-refractivity contribution in [1.29, 1.82) is 0 Å². The van der Waals surface area contributed by atoms with Crippen LogP contribution in [-0.2, 0) is 11.3 Å². The lowest BCUT2D eigenvalue weighted by Crippen LogP contribution is -2.33. The van der Waals surface area contributed by atoms with Crippen LogP contribution in [0.15, 0.2) is 48.5 Å². The average molecular weight is 378 g/mol. The summed E-state index contributed by atoms with van der Waals surface area (Å²) in [5, 5.41) is 0. The molecule has 0 aliphatic carbocycles. The van der Waals surface area contributed by atoms with E-state index in [1.165, 1.54) is 30.2 Å².